The Kier molecular flexibility index (Phi) is 8.90. The fourth-order valence-electron chi connectivity index (χ4n) is 3.94. The number of fused-ring (bicyclic) bond motifs is 1. The molecule has 3 amide bonds. The van der Waals surface area contributed by atoms with Gasteiger partial charge >= 0.3 is 17.8 Å². The van der Waals surface area contributed by atoms with Crippen molar-refractivity contribution in [2.24, 2.45) is 5.10 Å². The minimum atomic E-state index is -1.03. The molecular formula is C32H23ClN4O5S. The first-order valence-electron chi connectivity index (χ1n) is 12.9. The number of aryl methyl sites for hydroxylation is 1. The van der Waals surface area contributed by atoms with Crippen LogP contribution in [0.3, 0.4) is 0 Å². The number of hydrazone groups is 1. The number of ether oxygens (including phenoxy) is 1. The number of halogens is 1. The van der Waals surface area contributed by atoms with Crippen LogP contribution < -0.4 is 20.8 Å². The molecule has 4 aromatic carbocycles. The van der Waals surface area contributed by atoms with Gasteiger partial charge in [0.15, 0.2) is 0 Å². The Morgan fingerprint density at radius 1 is 0.814 bits per heavy atom. The number of thiophene rings is 1. The zero-order chi connectivity index (χ0) is 30.3. The predicted molar refractivity (Wildman–Crippen MR) is 168 cm³/mol. The minimum Gasteiger partial charge on any atom is -0.422 e. The zero-order valence-corrected chi connectivity index (χ0v) is 24.2. The number of anilines is 2. The monoisotopic (exact) mass is 610 g/mol. The summed E-state index contributed by atoms with van der Waals surface area (Å²) in [4.78, 5) is 50.6. The quantitative estimate of drug-likeness (QED) is 0.0644. The van der Waals surface area contributed by atoms with Crippen molar-refractivity contribution >= 4 is 74.3 Å². The first-order chi connectivity index (χ1) is 20.8. The molecule has 0 aliphatic heterocycles. The molecule has 1 heterocycles. The standard InChI is InChI=1S/C32H23ClN4O5S/c1-19-10-14-21(15-11-19)35-29(38)23-6-2-4-8-25(23)36-30(39)31(40)37-34-18-20-12-16-22(17-13-20)42-32(41)28-27(33)24-7-3-5-9-26(24)43-28/h2-18H,1H3,(H,35,38)(H,36,39)(H,37,40). The van der Waals surface area contributed by atoms with Crippen LogP contribution in [0.15, 0.2) is 102 Å². The summed E-state index contributed by atoms with van der Waals surface area (Å²) in [6, 6.07) is 27.4. The normalized spacial score (nSPS) is 10.8. The van der Waals surface area contributed by atoms with Crippen molar-refractivity contribution in [2.45, 2.75) is 6.92 Å². The molecule has 0 saturated heterocycles. The molecule has 0 saturated carbocycles. The Hall–Kier alpha value is -5.32. The Morgan fingerprint density at radius 2 is 1.51 bits per heavy atom. The molecule has 9 nitrogen and oxygen atoms in total. The van der Waals surface area contributed by atoms with Crippen molar-refractivity contribution < 1.29 is 23.9 Å². The van der Waals surface area contributed by atoms with Crippen LogP contribution in [0.1, 0.15) is 31.2 Å². The number of amides is 3. The van der Waals surface area contributed by atoms with Crippen molar-refractivity contribution in [3.05, 3.63) is 124 Å². The second-order valence-electron chi connectivity index (χ2n) is 9.22. The maximum absolute atomic E-state index is 12.8. The molecule has 0 fully saturated rings. The van der Waals surface area contributed by atoms with Crippen LogP contribution in [0.4, 0.5) is 11.4 Å². The third kappa shape index (κ3) is 7.13. The van der Waals surface area contributed by atoms with Gasteiger partial charge in [-0.3, -0.25) is 14.4 Å². The van der Waals surface area contributed by atoms with Gasteiger partial charge in [-0.15, -0.1) is 11.3 Å². The highest BCUT2D eigenvalue weighted by molar-refractivity contribution is 7.21. The third-order valence-electron chi connectivity index (χ3n) is 6.13. The Morgan fingerprint density at radius 3 is 2.26 bits per heavy atom. The van der Waals surface area contributed by atoms with Gasteiger partial charge in [0, 0.05) is 15.8 Å². The topological polar surface area (TPSA) is 126 Å². The molecule has 5 aromatic rings. The number of hydrogen-bond acceptors (Lipinski definition) is 7. The van der Waals surface area contributed by atoms with E-state index in [9.17, 15) is 19.2 Å². The summed E-state index contributed by atoms with van der Waals surface area (Å²) in [5.74, 6) is -2.76. The highest BCUT2D eigenvalue weighted by atomic mass is 35.5. The highest BCUT2D eigenvalue weighted by Crippen LogP contribution is 2.35. The molecule has 0 spiro atoms. The second kappa shape index (κ2) is 13.1. The summed E-state index contributed by atoms with van der Waals surface area (Å²) in [5.41, 5.74) is 4.71. The molecule has 0 aliphatic rings. The SMILES string of the molecule is Cc1ccc(NC(=O)c2ccccc2NC(=O)C(=O)NN=Cc2ccc(OC(=O)c3sc4ccccc4c3Cl)cc2)cc1. The third-order valence-corrected chi connectivity index (χ3v) is 7.78. The van der Waals surface area contributed by atoms with Crippen LogP contribution in [0.5, 0.6) is 5.75 Å². The minimum absolute atomic E-state index is 0.165. The van der Waals surface area contributed by atoms with Crippen LogP contribution in [-0.2, 0) is 9.59 Å². The number of rotatable bonds is 7. The molecule has 5 rings (SSSR count). The van der Waals surface area contributed by atoms with Crippen molar-refractivity contribution in [1.29, 1.82) is 0 Å². The van der Waals surface area contributed by atoms with E-state index in [1.165, 1.54) is 29.7 Å². The van der Waals surface area contributed by atoms with Crippen LogP contribution in [-0.4, -0.2) is 29.9 Å². The summed E-state index contributed by atoms with van der Waals surface area (Å²) >= 11 is 7.61. The number of esters is 1. The molecule has 0 bridgehead atoms. The molecule has 11 heteroatoms. The average Bonchev–Trinajstić information content (AvgIpc) is 3.35. The van der Waals surface area contributed by atoms with Gasteiger partial charge in [0.1, 0.15) is 10.6 Å². The molecule has 0 unspecified atom stereocenters. The van der Waals surface area contributed by atoms with Gasteiger partial charge in [-0.05, 0) is 67.1 Å². The van der Waals surface area contributed by atoms with E-state index in [0.29, 0.717) is 26.9 Å². The van der Waals surface area contributed by atoms with Gasteiger partial charge in [-0.25, -0.2) is 10.2 Å². The van der Waals surface area contributed by atoms with Crippen molar-refractivity contribution in [2.75, 3.05) is 10.6 Å². The number of hydrogen-bond donors (Lipinski definition) is 3. The number of benzene rings is 4. The fourth-order valence-corrected chi connectivity index (χ4v) is 5.33. The van der Waals surface area contributed by atoms with Gasteiger partial charge in [0.25, 0.3) is 5.91 Å². The number of para-hydroxylation sites is 1. The maximum atomic E-state index is 12.8. The summed E-state index contributed by atoms with van der Waals surface area (Å²) in [6.45, 7) is 1.94. The van der Waals surface area contributed by atoms with Crippen LogP contribution in [0.25, 0.3) is 10.1 Å². The van der Waals surface area contributed by atoms with E-state index in [4.69, 9.17) is 16.3 Å². The van der Waals surface area contributed by atoms with E-state index in [2.05, 4.69) is 21.2 Å². The van der Waals surface area contributed by atoms with E-state index in [0.717, 1.165) is 15.6 Å². The summed E-state index contributed by atoms with van der Waals surface area (Å²) < 4.78 is 6.34. The number of nitrogens with zero attached hydrogens (tertiary/aromatic N) is 1. The smallest absolute Gasteiger partial charge is 0.355 e. The molecular weight excluding hydrogens is 588 g/mol. The molecule has 0 radical (unpaired) electrons. The molecule has 43 heavy (non-hydrogen) atoms. The largest absolute Gasteiger partial charge is 0.422 e. The molecule has 0 atom stereocenters. The Bertz CT molecular complexity index is 1870. The van der Waals surface area contributed by atoms with E-state index in [1.54, 1.807) is 48.5 Å². The van der Waals surface area contributed by atoms with Crippen LogP contribution >= 0.6 is 22.9 Å². The van der Waals surface area contributed by atoms with Gasteiger partial charge < -0.3 is 15.4 Å². The summed E-state index contributed by atoms with van der Waals surface area (Å²) in [7, 11) is 0. The first-order valence-corrected chi connectivity index (χ1v) is 14.1. The van der Waals surface area contributed by atoms with Gasteiger partial charge in [-0.2, -0.15) is 5.10 Å². The highest BCUT2D eigenvalue weighted by Gasteiger charge is 2.20. The van der Waals surface area contributed by atoms with E-state index in [-0.39, 0.29) is 11.3 Å². The van der Waals surface area contributed by atoms with Crippen LogP contribution in [0.2, 0.25) is 5.02 Å². The number of carbonyl (C=O) groups is 4. The molecule has 0 aliphatic carbocycles. The summed E-state index contributed by atoms with van der Waals surface area (Å²) in [6.07, 6.45) is 1.32. The molecule has 3 N–H and O–H groups in total. The lowest BCUT2D eigenvalue weighted by atomic mass is 10.1. The van der Waals surface area contributed by atoms with Crippen molar-refractivity contribution in [1.82, 2.24) is 5.43 Å². The molecule has 214 valence electrons. The van der Waals surface area contributed by atoms with E-state index < -0.39 is 23.7 Å². The Labute approximate surface area is 255 Å². The maximum Gasteiger partial charge on any atom is 0.355 e. The van der Waals surface area contributed by atoms with Gasteiger partial charge in [0.05, 0.1) is 22.5 Å². The number of nitrogens with one attached hydrogen (secondary N) is 3. The lowest BCUT2D eigenvalue weighted by Gasteiger charge is -2.11. The van der Waals surface area contributed by atoms with Crippen LogP contribution in [0, 0.1) is 6.92 Å². The zero-order valence-electron chi connectivity index (χ0n) is 22.6. The predicted octanol–water partition coefficient (Wildman–Crippen LogP) is 6.42. The summed E-state index contributed by atoms with van der Waals surface area (Å²) in [5, 5.41) is 10.2. The lowest BCUT2D eigenvalue weighted by Crippen LogP contribution is -2.33. The second-order valence-corrected chi connectivity index (χ2v) is 10.6. The number of carbonyl (C=O) groups excluding carboxylic acids is 4. The fraction of sp³-hybridized carbons (Fsp3) is 0.0312. The average molecular weight is 611 g/mol. The van der Waals surface area contributed by atoms with E-state index >= 15 is 0 Å². The van der Waals surface area contributed by atoms with E-state index in [1.807, 2.05) is 43.3 Å². The van der Waals surface area contributed by atoms with Crippen molar-refractivity contribution in [3.8, 4) is 5.75 Å². The Balaban J connectivity index is 1.15. The molecule has 1 aromatic heterocycles. The lowest BCUT2D eigenvalue weighted by molar-refractivity contribution is -0.136. The van der Waals surface area contributed by atoms with Gasteiger partial charge in [-0.1, -0.05) is 59.6 Å². The first kappa shape index (κ1) is 29.2. The van der Waals surface area contributed by atoms with Crippen molar-refractivity contribution in [3.63, 3.8) is 0 Å². The van der Waals surface area contributed by atoms with Gasteiger partial charge in [0.2, 0.25) is 0 Å².